The largest absolute Gasteiger partial charge is 0.420 e. The Morgan fingerprint density at radius 3 is 2.07 bits per heavy atom. The summed E-state index contributed by atoms with van der Waals surface area (Å²) in [5.41, 5.74) is 3.52. The smallest absolute Gasteiger partial charge is 0.342 e. The third kappa shape index (κ3) is 3.22. The SMILES string of the molecule is Cc1cccc2c1C(=O)O[C@@H]2OC(=O)C(c1ccccc1)c1ccccc1. The van der Waals surface area contributed by atoms with Crippen molar-refractivity contribution in [3.8, 4) is 0 Å². The van der Waals surface area contributed by atoms with E-state index < -0.39 is 24.1 Å². The molecule has 0 bridgehead atoms. The highest BCUT2D eigenvalue weighted by Gasteiger charge is 2.37. The molecular formula is C23H18O4. The van der Waals surface area contributed by atoms with Gasteiger partial charge in [0.2, 0.25) is 0 Å². The zero-order valence-electron chi connectivity index (χ0n) is 14.8. The zero-order chi connectivity index (χ0) is 18.8. The second-order valence-corrected chi connectivity index (χ2v) is 6.47. The Morgan fingerprint density at radius 2 is 1.48 bits per heavy atom. The first-order valence-electron chi connectivity index (χ1n) is 8.76. The monoisotopic (exact) mass is 358 g/mol. The minimum Gasteiger partial charge on any atom is -0.420 e. The lowest BCUT2D eigenvalue weighted by atomic mass is 9.91. The van der Waals surface area contributed by atoms with Crippen LogP contribution in [0.2, 0.25) is 0 Å². The molecule has 1 aliphatic rings. The minimum absolute atomic E-state index is 0.459. The molecule has 0 spiro atoms. The van der Waals surface area contributed by atoms with Crippen molar-refractivity contribution in [1.82, 2.24) is 0 Å². The van der Waals surface area contributed by atoms with E-state index in [0.717, 1.165) is 16.7 Å². The zero-order valence-corrected chi connectivity index (χ0v) is 14.8. The second kappa shape index (κ2) is 7.08. The molecule has 0 amide bonds. The van der Waals surface area contributed by atoms with Gasteiger partial charge in [-0.1, -0.05) is 78.9 Å². The van der Waals surface area contributed by atoms with E-state index in [1.165, 1.54) is 0 Å². The summed E-state index contributed by atoms with van der Waals surface area (Å²) < 4.78 is 11.0. The van der Waals surface area contributed by atoms with Gasteiger partial charge in [0.05, 0.1) is 5.56 Å². The van der Waals surface area contributed by atoms with Gasteiger partial charge in [-0.2, -0.15) is 0 Å². The standard InChI is InChI=1S/C23H18O4/c1-15-9-8-14-18-19(15)21(24)26-23(18)27-22(25)20(16-10-4-2-5-11-16)17-12-6-3-7-13-17/h2-14,20,23H,1H3/t23-/m1/s1. The Morgan fingerprint density at radius 1 is 0.889 bits per heavy atom. The van der Waals surface area contributed by atoms with Crippen LogP contribution in [0.4, 0.5) is 0 Å². The molecule has 4 heteroatoms. The van der Waals surface area contributed by atoms with Gasteiger partial charge in [-0.25, -0.2) is 4.79 Å². The van der Waals surface area contributed by atoms with E-state index >= 15 is 0 Å². The minimum atomic E-state index is -1.02. The number of aryl methyl sites for hydroxylation is 1. The molecule has 1 heterocycles. The van der Waals surface area contributed by atoms with Crippen molar-refractivity contribution in [2.45, 2.75) is 19.1 Å². The molecule has 27 heavy (non-hydrogen) atoms. The first-order valence-corrected chi connectivity index (χ1v) is 8.76. The van der Waals surface area contributed by atoms with E-state index in [-0.39, 0.29) is 0 Å². The van der Waals surface area contributed by atoms with Gasteiger partial charge < -0.3 is 9.47 Å². The maximum atomic E-state index is 13.1. The fourth-order valence-electron chi connectivity index (χ4n) is 3.40. The number of ether oxygens (including phenoxy) is 2. The van der Waals surface area contributed by atoms with Gasteiger partial charge >= 0.3 is 11.9 Å². The van der Waals surface area contributed by atoms with Crippen LogP contribution in [0.15, 0.2) is 78.9 Å². The maximum absolute atomic E-state index is 13.1. The predicted molar refractivity (Wildman–Crippen MR) is 100 cm³/mol. The second-order valence-electron chi connectivity index (χ2n) is 6.47. The number of rotatable bonds is 4. The van der Waals surface area contributed by atoms with Gasteiger partial charge in [-0.05, 0) is 23.6 Å². The lowest BCUT2D eigenvalue weighted by Gasteiger charge is -2.19. The molecule has 1 aliphatic heterocycles. The number of cyclic esters (lactones) is 1. The quantitative estimate of drug-likeness (QED) is 0.643. The van der Waals surface area contributed by atoms with Crippen LogP contribution in [0.1, 0.15) is 44.8 Å². The average molecular weight is 358 g/mol. The van der Waals surface area contributed by atoms with Crippen molar-refractivity contribution >= 4 is 11.9 Å². The summed E-state index contributed by atoms with van der Waals surface area (Å²) in [6.07, 6.45) is -1.02. The fourth-order valence-corrected chi connectivity index (χ4v) is 3.40. The Kier molecular flexibility index (Phi) is 4.47. The summed E-state index contributed by atoms with van der Waals surface area (Å²) >= 11 is 0. The summed E-state index contributed by atoms with van der Waals surface area (Å²) in [6.45, 7) is 1.83. The van der Waals surface area contributed by atoms with E-state index in [1.807, 2.05) is 79.7 Å². The number of fused-ring (bicyclic) bond motifs is 1. The fraction of sp³-hybridized carbons (Fsp3) is 0.130. The van der Waals surface area contributed by atoms with E-state index in [9.17, 15) is 9.59 Å². The Balaban J connectivity index is 1.67. The van der Waals surface area contributed by atoms with E-state index in [4.69, 9.17) is 9.47 Å². The van der Waals surface area contributed by atoms with Gasteiger partial charge in [0, 0.05) is 5.56 Å². The number of hydrogen-bond acceptors (Lipinski definition) is 4. The molecule has 0 saturated heterocycles. The first-order chi connectivity index (χ1) is 13.1. The topological polar surface area (TPSA) is 52.6 Å². The van der Waals surface area contributed by atoms with Crippen LogP contribution in [0.25, 0.3) is 0 Å². The molecule has 0 fully saturated rings. The Labute approximate surface area is 157 Å². The summed E-state index contributed by atoms with van der Waals surface area (Å²) in [7, 11) is 0. The van der Waals surface area contributed by atoms with Crippen LogP contribution in [-0.4, -0.2) is 11.9 Å². The molecule has 134 valence electrons. The number of hydrogen-bond donors (Lipinski definition) is 0. The molecule has 0 aromatic heterocycles. The van der Waals surface area contributed by atoms with Crippen LogP contribution < -0.4 is 0 Å². The summed E-state index contributed by atoms with van der Waals surface area (Å²) in [5.74, 6) is -1.52. The van der Waals surface area contributed by atoms with E-state index in [2.05, 4.69) is 0 Å². The molecule has 0 N–H and O–H groups in total. The molecular weight excluding hydrogens is 340 g/mol. The molecule has 0 radical (unpaired) electrons. The number of benzene rings is 3. The third-order valence-electron chi connectivity index (χ3n) is 4.70. The lowest BCUT2D eigenvalue weighted by Crippen LogP contribution is -2.20. The predicted octanol–water partition coefficient (Wildman–Crippen LogP) is 4.54. The van der Waals surface area contributed by atoms with Crippen molar-refractivity contribution in [3.63, 3.8) is 0 Å². The Hall–Kier alpha value is -3.40. The normalized spacial score (nSPS) is 15.3. The lowest BCUT2D eigenvalue weighted by molar-refractivity contribution is -0.168. The molecule has 0 saturated carbocycles. The molecule has 1 atom stereocenters. The van der Waals surface area contributed by atoms with Gasteiger partial charge in [0.15, 0.2) is 0 Å². The molecule has 4 nitrogen and oxygen atoms in total. The van der Waals surface area contributed by atoms with Gasteiger partial charge in [-0.3, -0.25) is 4.79 Å². The van der Waals surface area contributed by atoms with Crippen LogP contribution in [0.3, 0.4) is 0 Å². The molecule has 3 aromatic rings. The maximum Gasteiger partial charge on any atom is 0.342 e. The highest BCUT2D eigenvalue weighted by molar-refractivity contribution is 5.95. The van der Waals surface area contributed by atoms with Crippen molar-refractivity contribution < 1.29 is 19.1 Å². The average Bonchev–Trinajstić information content (AvgIpc) is 3.00. The number of esters is 2. The van der Waals surface area contributed by atoms with Crippen molar-refractivity contribution in [2.75, 3.05) is 0 Å². The molecule has 3 aromatic carbocycles. The van der Waals surface area contributed by atoms with E-state index in [1.54, 1.807) is 6.07 Å². The summed E-state index contributed by atoms with van der Waals surface area (Å²) in [4.78, 5) is 25.3. The molecule has 0 unspecified atom stereocenters. The first kappa shape index (κ1) is 17.0. The highest BCUT2D eigenvalue weighted by atomic mass is 16.7. The van der Waals surface area contributed by atoms with Crippen LogP contribution >= 0.6 is 0 Å². The van der Waals surface area contributed by atoms with Crippen molar-refractivity contribution in [1.29, 1.82) is 0 Å². The van der Waals surface area contributed by atoms with Crippen molar-refractivity contribution in [3.05, 3.63) is 107 Å². The van der Waals surface area contributed by atoms with Crippen LogP contribution in [-0.2, 0) is 14.3 Å². The third-order valence-corrected chi connectivity index (χ3v) is 4.70. The Bertz CT molecular complexity index is 940. The highest BCUT2D eigenvalue weighted by Crippen LogP contribution is 2.36. The van der Waals surface area contributed by atoms with E-state index in [0.29, 0.717) is 11.1 Å². The number of carbonyl (C=O) groups excluding carboxylic acids is 2. The summed E-state index contributed by atoms with van der Waals surface area (Å²) in [5, 5.41) is 0. The van der Waals surface area contributed by atoms with Gasteiger partial charge in [0.1, 0.15) is 5.92 Å². The van der Waals surface area contributed by atoms with Crippen LogP contribution in [0, 0.1) is 6.92 Å². The van der Waals surface area contributed by atoms with Gasteiger partial charge in [0.25, 0.3) is 6.29 Å². The summed E-state index contributed by atoms with van der Waals surface area (Å²) in [6, 6.07) is 24.3. The number of carbonyl (C=O) groups is 2. The molecule has 0 aliphatic carbocycles. The van der Waals surface area contributed by atoms with Crippen LogP contribution in [0.5, 0.6) is 0 Å². The van der Waals surface area contributed by atoms with Crippen molar-refractivity contribution in [2.24, 2.45) is 0 Å². The molecule has 4 rings (SSSR count). The van der Waals surface area contributed by atoms with Gasteiger partial charge in [-0.15, -0.1) is 0 Å².